The Morgan fingerprint density at radius 1 is 0.652 bits per heavy atom. The molecule has 0 unspecified atom stereocenters. The third-order valence-corrected chi connectivity index (χ3v) is 19.0. The Morgan fingerprint density at radius 3 is 1.82 bits per heavy atom. The lowest BCUT2D eigenvalue weighted by molar-refractivity contribution is -0.153. The molecule has 2 saturated heterocycles. The van der Waals surface area contributed by atoms with Crippen molar-refractivity contribution in [3.63, 3.8) is 0 Å². The lowest BCUT2D eigenvalue weighted by Crippen LogP contribution is -2.64. The summed E-state index contributed by atoms with van der Waals surface area (Å²) in [7, 11) is 10.1. The summed E-state index contributed by atoms with van der Waals surface area (Å²) in [5.41, 5.74) is -2.43. The van der Waals surface area contributed by atoms with Crippen LogP contribution in [0.1, 0.15) is 164 Å². The predicted octanol–water partition coefficient (Wildman–Crippen LogP) is 6.00. The van der Waals surface area contributed by atoms with E-state index in [0.717, 1.165) is 58.9 Å². The van der Waals surface area contributed by atoms with Crippen LogP contribution in [0.3, 0.4) is 0 Å². The molecule has 92 heavy (non-hydrogen) atoms. The number of likely N-dealkylation sites (N-methyl/N-ethyl adjacent to an activating group) is 7. The van der Waals surface area contributed by atoms with Crippen LogP contribution < -0.4 is 16.0 Å². The largest absolute Gasteiger partial charge is 0.417 e. The van der Waals surface area contributed by atoms with E-state index >= 15 is 9.59 Å². The lowest BCUT2D eigenvalue weighted by Gasteiger charge is -2.41. The van der Waals surface area contributed by atoms with E-state index in [1.54, 1.807) is 34.6 Å². The summed E-state index contributed by atoms with van der Waals surface area (Å²) < 4.78 is 41.4. The van der Waals surface area contributed by atoms with E-state index in [4.69, 9.17) is 11.6 Å². The van der Waals surface area contributed by atoms with E-state index in [1.165, 1.54) is 79.9 Å². The van der Waals surface area contributed by atoms with Gasteiger partial charge in [0.25, 0.3) is 0 Å². The summed E-state index contributed by atoms with van der Waals surface area (Å²) in [6, 6.07) is -4.66. The van der Waals surface area contributed by atoms with Crippen LogP contribution in [0, 0.1) is 29.6 Å². The first-order valence-corrected chi connectivity index (χ1v) is 33.0. The van der Waals surface area contributed by atoms with Gasteiger partial charge in [0.2, 0.25) is 65.0 Å². The first-order chi connectivity index (χ1) is 42.8. The number of nitrogens with zero attached hydrogens (tertiary/aromatic N) is 8. The van der Waals surface area contributed by atoms with Crippen LogP contribution in [0.15, 0.2) is 18.2 Å². The number of alkyl halides is 3. The highest BCUT2D eigenvalue weighted by molar-refractivity contribution is 6.31. The van der Waals surface area contributed by atoms with Gasteiger partial charge >= 0.3 is 6.18 Å². The number of hydrogen-bond donors (Lipinski definition) is 3. The predicted molar refractivity (Wildman–Crippen MR) is 344 cm³/mol. The third kappa shape index (κ3) is 20.7. The number of halogens is 4. The van der Waals surface area contributed by atoms with E-state index in [1.807, 2.05) is 34.6 Å². The highest BCUT2D eigenvalue weighted by Crippen LogP contribution is 2.36. The standard InChI is InChI=1S/C66H105ClF3N11O11/c1-18-42(8)56-62(90)76(13)37-54(84)74(11)38-55(85)79(16)51(34-44-23-20-19-21-24-44)61(89)75(12)36-52(82)71-48(29-27-45-26-28-46(47(67)33-45)66(68,69)70)60(88)81-30-22-25-49(81)59(87)73-65(10,35-40(4)5)64(92)80(17)57(41(6)7)63(91)77(14)43(9)32-53(83)78(15)50(31-39(2)3)58(86)72-56/h26,28,33,39-44,48-51,56-57H,18-25,27,29-32,34-38H2,1-17H3,(H,71,82)(H,72,86)(H,73,87)/t42-,43+,48-,49-,50-,51-,56-,57-,65-/m0/s1. The molecule has 4 rings (SSSR count). The molecule has 518 valence electrons. The zero-order valence-electron chi connectivity index (χ0n) is 57.5. The van der Waals surface area contributed by atoms with E-state index in [2.05, 4.69) is 16.0 Å². The smallest absolute Gasteiger partial charge is 0.343 e. The molecule has 3 aliphatic rings. The molecule has 0 bridgehead atoms. The Hall–Kier alpha value is -6.53. The molecule has 26 heteroatoms. The lowest BCUT2D eigenvalue weighted by atomic mass is 9.84. The van der Waals surface area contributed by atoms with Crippen molar-refractivity contribution in [3.8, 4) is 0 Å². The molecular formula is C66H105ClF3N11O11. The molecule has 0 spiro atoms. The number of rotatable bonds is 12. The van der Waals surface area contributed by atoms with E-state index in [9.17, 15) is 56.3 Å². The monoisotopic (exact) mass is 1320 g/mol. The van der Waals surface area contributed by atoms with Crippen molar-refractivity contribution >= 4 is 76.6 Å². The van der Waals surface area contributed by atoms with E-state index in [-0.39, 0.29) is 69.2 Å². The maximum atomic E-state index is 15.1. The Balaban J connectivity index is 1.84. The van der Waals surface area contributed by atoms with E-state index < -0.39 is 161 Å². The summed E-state index contributed by atoms with van der Waals surface area (Å²) in [6.07, 6.45) is 0.539. The maximum Gasteiger partial charge on any atom is 0.417 e. The van der Waals surface area contributed by atoms with Gasteiger partial charge in [-0.15, -0.1) is 0 Å². The van der Waals surface area contributed by atoms with Gasteiger partial charge in [-0.05, 0) is 106 Å². The van der Waals surface area contributed by atoms with Crippen LogP contribution in [0.2, 0.25) is 5.02 Å². The highest BCUT2D eigenvalue weighted by Gasteiger charge is 2.47. The zero-order valence-corrected chi connectivity index (χ0v) is 58.2. The minimum absolute atomic E-state index is 0.0287. The first-order valence-electron chi connectivity index (χ1n) is 32.6. The number of aryl methyl sites for hydroxylation is 1. The molecule has 22 nitrogen and oxygen atoms in total. The van der Waals surface area contributed by atoms with Crippen molar-refractivity contribution in [1.29, 1.82) is 0 Å². The summed E-state index contributed by atoms with van der Waals surface area (Å²) >= 11 is 6.12. The average Bonchev–Trinajstić information content (AvgIpc) is 1.17. The minimum Gasteiger partial charge on any atom is -0.343 e. The van der Waals surface area contributed by atoms with Crippen molar-refractivity contribution in [1.82, 2.24) is 55.1 Å². The van der Waals surface area contributed by atoms with Gasteiger partial charge in [-0.1, -0.05) is 112 Å². The number of nitrogens with one attached hydrogen (secondary N) is 3. The molecule has 11 amide bonds. The Labute approximate surface area is 548 Å². The molecule has 2 heterocycles. The van der Waals surface area contributed by atoms with Gasteiger partial charge in [-0.25, -0.2) is 0 Å². The van der Waals surface area contributed by atoms with Gasteiger partial charge in [-0.2, -0.15) is 13.2 Å². The molecule has 2 aliphatic heterocycles. The van der Waals surface area contributed by atoms with Crippen LogP contribution in [0.5, 0.6) is 0 Å². The molecule has 1 aromatic rings. The number of carbonyl (C=O) groups excluding carboxylic acids is 11. The normalized spacial score (nSPS) is 26.5. The van der Waals surface area contributed by atoms with Crippen LogP contribution in [0.25, 0.3) is 0 Å². The molecule has 1 aliphatic carbocycles. The fraction of sp³-hybridized carbons (Fsp3) is 0.742. The van der Waals surface area contributed by atoms with Gasteiger partial charge in [0.1, 0.15) is 41.8 Å². The molecule has 1 saturated carbocycles. The minimum atomic E-state index is -4.75. The van der Waals surface area contributed by atoms with Gasteiger partial charge < -0.3 is 55.1 Å². The van der Waals surface area contributed by atoms with Gasteiger partial charge in [0.15, 0.2) is 0 Å². The van der Waals surface area contributed by atoms with Gasteiger partial charge in [-0.3, -0.25) is 52.7 Å². The second-order valence-electron chi connectivity index (χ2n) is 27.6. The molecule has 3 fully saturated rings. The maximum absolute atomic E-state index is 15.1. The quantitative estimate of drug-likeness (QED) is 0.219. The summed E-state index contributed by atoms with van der Waals surface area (Å²) in [5, 5.41) is 8.01. The summed E-state index contributed by atoms with van der Waals surface area (Å²) in [6.45, 7) is 16.2. The molecule has 0 aromatic heterocycles. The van der Waals surface area contributed by atoms with Crippen LogP contribution >= 0.6 is 11.6 Å². The van der Waals surface area contributed by atoms with Crippen LogP contribution in [-0.4, -0.2) is 228 Å². The molecule has 3 N–H and O–H groups in total. The van der Waals surface area contributed by atoms with Gasteiger partial charge in [0, 0.05) is 68.3 Å². The highest BCUT2D eigenvalue weighted by atomic mass is 35.5. The Morgan fingerprint density at radius 2 is 1.25 bits per heavy atom. The second kappa shape index (κ2) is 34.0. The number of amides is 11. The second-order valence-corrected chi connectivity index (χ2v) is 28.0. The van der Waals surface area contributed by atoms with Crippen LogP contribution in [-0.2, 0) is 65.3 Å². The Kier molecular flexibility index (Phi) is 28.8. The topological polar surface area (TPSA) is 250 Å². The fourth-order valence-electron chi connectivity index (χ4n) is 12.9. The summed E-state index contributed by atoms with van der Waals surface area (Å²) in [4.78, 5) is 170. The number of fused-ring (bicyclic) bond motifs is 1. The number of hydrogen-bond acceptors (Lipinski definition) is 11. The van der Waals surface area contributed by atoms with Crippen molar-refractivity contribution in [2.45, 2.75) is 213 Å². The van der Waals surface area contributed by atoms with E-state index in [0.29, 0.717) is 18.4 Å². The number of carbonyl (C=O) groups is 11. The molecule has 1 aromatic carbocycles. The van der Waals surface area contributed by atoms with Crippen molar-refractivity contribution in [2.24, 2.45) is 29.6 Å². The van der Waals surface area contributed by atoms with Gasteiger partial charge in [0.05, 0.1) is 30.2 Å². The van der Waals surface area contributed by atoms with Crippen LogP contribution in [0.4, 0.5) is 13.2 Å². The van der Waals surface area contributed by atoms with Crippen molar-refractivity contribution in [3.05, 3.63) is 34.3 Å². The molecule has 0 radical (unpaired) electrons. The SMILES string of the molecule is CC[C@H](C)[C@@H]1NC(=O)[C@H](CC(C)C)N(C)C(=O)C[C@@H](C)N(C)C(=O)[C@H](C(C)C)N(C)C(=O)[C@](C)(CC(C)C)NC(=O)[C@@H]2CCCN2C(=O)[C@H](CCc2ccc(C(F)(F)F)c(Cl)c2)NC(=O)CN(C)C(=O)[C@H](CC2CCCCC2)N(C)C(=O)CN(C)C(=O)CN(C)C1=O. The first kappa shape index (κ1) is 77.9. The van der Waals surface area contributed by atoms with Crippen molar-refractivity contribution in [2.75, 3.05) is 75.5 Å². The summed E-state index contributed by atoms with van der Waals surface area (Å²) in [5.74, 6) is -8.13. The molecule has 9 atom stereocenters. The Bertz CT molecular complexity index is 2800. The fourth-order valence-corrected chi connectivity index (χ4v) is 13.2. The molecular weight excluding hydrogens is 1220 g/mol. The third-order valence-electron chi connectivity index (χ3n) is 18.7. The number of benzene rings is 1. The average molecular weight is 1320 g/mol. The zero-order chi connectivity index (χ0) is 69.6. The van der Waals surface area contributed by atoms with Crippen molar-refractivity contribution < 1.29 is 65.9 Å².